The van der Waals surface area contributed by atoms with E-state index < -0.39 is 6.10 Å². The molecule has 0 aliphatic carbocycles. The van der Waals surface area contributed by atoms with E-state index in [9.17, 15) is 5.11 Å². The van der Waals surface area contributed by atoms with Gasteiger partial charge in [0.2, 0.25) is 0 Å². The number of fused-ring (bicyclic) bond motifs is 4. The maximum Gasteiger partial charge on any atom is 0.119 e. The molecule has 1 aromatic carbocycles. The number of piperidine rings is 3. The molecule has 2 unspecified atom stereocenters. The number of ether oxygens (including phenoxy) is 1. The topological polar surface area (TPSA) is 79.7 Å². The lowest BCUT2D eigenvalue weighted by Crippen LogP contribution is -2.54. The van der Waals surface area contributed by atoms with E-state index in [1.807, 2.05) is 24.3 Å². The van der Waals surface area contributed by atoms with Crippen LogP contribution in [0.25, 0.3) is 10.9 Å². The third kappa shape index (κ3) is 3.98. The quantitative estimate of drug-likeness (QED) is 0.792. The highest BCUT2D eigenvalue weighted by Crippen LogP contribution is 2.42. The van der Waals surface area contributed by atoms with Crippen molar-refractivity contribution in [1.82, 2.24) is 9.88 Å². The minimum absolute atomic E-state index is 0. The molecule has 2 aromatic rings. The molecule has 7 heteroatoms. The van der Waals surface area contributed by atoms with E-state index in [1.165, 1.54) is 6.42 Å². The van der Waals surface area contributed by atoms with E-state index in [0.717, 1.165) is 41.7 Å². The van der Waals surface area contributed by atoms with Crippen molar-refractivity contribution in [2.45, 2.75) is 25.0 Å². The minimum atomic E-state index is -0.504. The number of aliphatic hydroxyl groups is 1. The number of pyridine rings is 1. The van der Waals surface area contributed by atoms with Crippen molar-refractivity contribution in [2.24, 2.45) is 11.8 Å². The average molecular weight is 395 g/mol. The van der Waals surface area contributed by atoms with Crippen LogP contribution in [-0.2, 0) is 0 Å². The fraction of sp³-hybridized carbons (Fsp3) is 0.450. The summed E-state index contributed by atoms with van der Waals surface area (Å²) in [6.45, 7) is 6.07. The summed E-state index contributed by atoms with van der Waals surface area (Å²) in [5.74, 6) is 2.01. The third-order valence-corrected chi connectivity index (χ3v) is 5.82. The molecule has 0 radical (unpaired) electrons. The molecule has 27 heavy (non-hydrogen) atoms. The molecule has 5 atom stereocenters. The Morgan fingerprint density at radius 1 is 1.41 bits per heavy atom. The number of halogens is 1. The van der Waals surface area contributed by atoms with Crippen LogP contribution in [0, 0.1) is 21.8 Å². The predicted molar refractivity (Wildman–Crippen MR) is 111 cm³/mol. The summed E-state index contributed by atoms with van der Waals surface area (Å²) < 4.78 is 5.35. The summed E-state index contributed by atoms with van der Waals surface area (Å²) in [4.78, 5) is 20.9. The molecule has 0 amide bonds. The Morgan fingerprint density at radius 3 is 2.81 bits per heavy atom. The first-order chi connectivity index (χ1) is 12.7. The van der Waals surface area contributed by atoms with Crippen molar-refractivity contribution in [3.63, 3.8) is 0 Å². The molecule has 4 heterocycles. The average Bonchev–Trinajstić information content (AvgIpc) is 2.73. The maximum absolute atomic E-state index is 11.2. The smallest absolute Gasteiger partial charge is 0.119 e. The molecule has 5 rings (SSSR count). The summed E-state index contributed by atoms with van der Waals surface area (Å²) in [6.07, 6.45) is 5.62. The first-order valence-electron chi connectivity index (χ1n) is 8.85. The van der Waals surface area contributed by atoms with Gasteiger partial charge in [0, 0.05) is 35.5 Å². The molecule has 0 spiro atoms. The Kier molecular flexibility index (Phi) is 7.30. The van der Waals surface area contributed by atoms with Gasteiger partial charge >= 0.3 is 0 Å². The van der Waals surface area contributed by atoms with Crippen molar-refractivity contribution in [2.75, 3.05) is 20.2 Å². The Morgan fingerprint density at radius 2 is 2.19 bits per heavy atom. The van der Waals surface area contributed by atoms with Gasteiger partial charge in [-0.25, -0.2) is 0 Å². The summed E-state index contributed by atoms with van der Waals surface area (Å²) in [7, 11) is 1.66. The summed E-state index contributed by atoms with van der Waals surface area (Å²) in [6, 6.07) is 7.96. The number of methoxy groups -OCH3 is 1. The Labute approximate surface area is 166 Å². The second-order valence-corrected chi connectivity index (χ2v) is 6.97. The monoisotopic (exact) mass is 394 g/mol. The van der Waals surface area contributed by atoms with Crippen molar-refractivity contribution in [3.05, 3.63) is 58.6 Å². The molecule has 2 bridgehead atoms. The van der Waals surface area contributed by atoms with E-state index in [0.29, 0.717) is 11.8 Å². The fourth-order valence-corrected chi connectivity index (χ4v) is 4.44. The Hall–Kier alpha value is -2.02. The standard InChI is InChI=1S/C20H24N2O2.ClH.O2.H2/c1-3-13-12-22-9-7-14(13)10-19(22)20(23)16-6-8-21-18-5-4-15(24-2)11-17(16)18;;1-2;/h3-6,8,11,13-14,19-20,23H,1,7,9-10,12H2,2H3;1H;;1H/t13-,14?,19-,20-;;;/m0.../s1. The predicted octanol–water partition coefficient (Wildman–Crippen LogP) is 3.91. The van der Waals surface area contributed by atoms with Gasteiger partial charge in [0.05, 0.1) is 18.7 Å². The van der Waals surface area contributed by atoms with Crippen molar-refractivity contribution in [3.8, 4) is 5.75 Å². The number of nitrogens with zero attached hydrogens (tertiary/aromatic N) is 2. The SMILES string of the molecule is C=C[C@H]1CN2CCC1C[C@H]2[C@@H](O)c1ccnc2ccc(OC)cc12.Cl.O=O.[HH]. The number of hydrogen-bond donors (Lipinski definition) is 1. The molecule has 3 saturated heterocycles. The van der Waals surface area contributed by atoms with Crippen LogP contribution in [0.4, 0.5) is 0 Å². The first kappa shape index (κ1) is 21.3. The zero-order valence-electron chi connectivity index (χ0n) is 15.3. The zero-order chi connectivity index (χ0) is 18.7. The number of aliphatic hydroxyl groups excluding tert-OH is 1. The molecule has 3 aliphatic heterocycles. The van der Waals surface area contributed by atoms with E-state index >= 15 is 0 Å². The highest BCUT2D eigenvalue weighted by molar-refractivity contribution is 5.85. The second kappa shape index (κ2) is 9.26. The van der Waals surface area contributed by atoms with Gasteiger partial charge in [-0.1, -0.05) is 6.08 Å². The van der Waals surface area contributed by atoms with Gasteiger partial charge in [0.1, 0.15) is 5.75 Å². The van der Waals surface area contributed by atoms with Gasteiger partial charge in [-0.2, -0.15) is 0 Å². The highest BCUT2D eigenvalue weighted by atomic mass is 35.5. The minimum Gasteiger partial charge on any atom is -0.497 e. The van der Waals surface area contributed by atoms with Crippen LogP contribution in [-0.4, -0.2) is 41.2 Å². The number of benzene rings is 1. The van der Waals surface area contributed by atoms with Gasteiger partial charge in [0.15, 0.2) is 0 Å². The number of rotatable bonds is 4. The Balaban J connectivity index is 0.000000950. The van der Waals surface area contributed by atoms with Gasteiger partial charge in [-0.3, -0.25) is 9.88 Å². The van der Waals surface area contributed by atoms with Gasteiger partial charge < -0.3 is 9.84 Å². The molecule has 3 aliphatic rings. The fourth-order valence-electron chi connectivity index (χ4n) is 4.44. The molecule has 3 fully saturated rings. The third-order valence-electron chi connectivity index (χ3n) is 5.82. The molecule has 1 N–H and O–H groups in total. The van der Waals surface area contributed by atoms with Gasteiger partial charge in [0.25, 0.3) is 0 Å². The highest BCUT2D eigenvalue weighted by Gasteiger charge is 2.42. The summed E-state index contributed by atoms with van der Waals surface area (Å²) in [5.41, 5.74) is 1.85. The van der Waals surface area contributed by atoms with Gasteiger partial charge in [-0.05, 0) is 61.1 Å². The lowest BCUT2D eigenvalue weighted by molar-refractivity contribution is -0.0444. The van der Waals surface area contributed by atoms with Crippen molar-refractivity contribution < 1.29 is 11.3 Å². The summed E-state index contributed by atoms with van der Waals surface area (Å²) >= 11 is 0. The van der Waals surface area contributed by atoms with Crippen LogP contribution in [0.3, 0.4) is 0 Å². The maximum atomic E-state index is 11.2. The normalized spacial score (nSPS) is 27.0. The van der Waals surface area contributed by atoms with Crippen molar-refractivity contribution in [1.29, 1.82) is 0 Å². The van der Waals surface area contributed by atoms with Gasteiger partial charge in [-0.15, -0.1) is 19.0 Å². The number of aromatic nitrogens is 1. The molecule has 0 saturated carbocycles. The van der Waals surface area contributed by atoms with Crippen LogP contribution < -0.4 is 4.74 Å². The van der Waals surface area contributed by atoms with Crippen LogP contribution in [0.2, 0.25) is 0 Å². The first-order valence-corrected chi connectivity index (χ1v) is 8.85. The van der Waals surface area contributed by atoms with E-state index in [2.05, 4.69) is 22.5 Å². The second-order valence-electron chi connectivity index (χ2n) is 6.97. The molecular weight excluding hydrogens is 368 g/mol. The van der Waals surface area contributed by atoms with Crippen LogP contribution >= 0.6 is 12.4 Å². The van der Waals surface area contributed by atoms with E-state index in [1.54, 1.807) is 13.3 Å². The largest absolute Gasteiger partial charge is 0.497 e. The molecular formula is C20H27ClN2O4. The van der Waals surface area contributed by atoms with Crippen LogP contribution in [0.5, 0.6) is 5.75 Å². The lowest BCUT2D eigenvalue weighted by Gasteiger charge is -2.50. The number of hydrogen-bond acceptors (Lipinski definition) is 6. The molecule has 148 valence electrons. The molecule has 6 nitrogen and oxygen atoms in total. The van der Waals surface area contributed by atoms with Crippen LogP contribution in [0.15, 0.2) is 43.1 Å². The van der Waals surface area contributed by atoms with E-state index in [4.69, 9.17) is 14.7 Å². The van der Waals surface area contributed by atoms with E-state index in [-0.39, 0.29) is 19.9 Å². The van der Waals surface area contributed by atoms with Crippen LogP contribution in [0.1, 0.15) is 25.9 Å². The zero-order valence-corrected chi connectivity index (χ0v) is 16.1. The lowest BCUT2D eigenvalue weighted by atomic mass is 9.73. The summed E-state index contributed by atoms with van der Waals surface area (Å²) in [5, 5.41) is 12.1. The van der Waals surface area contributed by atoms with Crippen molar-refractivity contribution >= 4 is 23.3 Å². The molecule has 1 aromatic heterocycles. The Bertz CT molecular complexity index is 794.